The van der Waals surface area contributed by atoms with E-state index in [1.807, 2.05) is 0 Å². The second kappa shape index (κ2) is 8.91. The molecule has 4 rings (SSSR count). The average molecular weight is 487 g/mol. The number of imide groups is 1. The molecule has 2 amide bonds. The molecule has 0 bridgehead atoms. The van der Waals surface area contributed by atoms with Crippen LogP contribution in [0.2, 0.25) is 5.02 Å². The van der Waals surface area contributed by atoms with Crippen molar-refractivity contribution in [2.75, 3.05) is 4.90 Å². The number of nitrogens with zero attached hydrogens (tertiary/aromatic N) is 4. The van der Waals surface area contributed by atoms with E-state index in [2.05, 4.69) is 12.5 Å². The van der Waals surface area contributed by atoms with E-state index in [0.717, 1.165) is 29.9 Å². The van der Waals surface area contributed by atoms with E-state index in [-0.39, 0.29) is 17.3 Å². The van der Waals surface area contributed by atoms with Crippen LogP contribution in [-0.2, 0) is 22.7 Å². The summed E-state index contributed by atoms with van der Waals surface area (Å²) in [6.07, 6.45) is 9.17. The number of amides is 2. The summed E-state index contributed by atoms with van der Waals surface area (Å²) in [6.45, 7) is 2.82. The number of carbonyl (C=O) groups is 2. The van der Waals surface area contributed by atoms with Gasteiger partial charge in [-0.1, -0.05) is 36.4 Å². The number of rotatable bonds is 5. The number of aromatic nitrogens is 3. The molecule has 2 atom stereocenters. The lowest BCUT2D eigenvalue weighted by Crippen LogP contribution is -2.53. The zero-order chi connectivity index (χ0) is 24.7. The number of allylic oxidation sites excluding steroid dienone is 1. The summed E-state index contributed by atoms with van der Waals surface area (Å²) in [5, 5.41) is -0.340. The van der Waals surface area contributed by atoms with Crippen LogP contribution in [0.4, 0.5) is 10.1 Å². The van der Waals surface area contributed by atoms with E-state index in [0.29, 0.717) is 26.5 Å². The molecule has 1 aliphatic heterocycles. The number of hydrogen-bond acceptors (Lipinski definition) is 5. The molecular formula is C23H20ClFN4O5. The number of terminal acetylenes is 1. The van der Waals surface area contributed by atoms with Crippen LogP contribution in [0.3, 0.4) is 0 Å². The number of fused-ring (bicyclic) bond motifs is 1. The Labute approximate surface area is 197 Å². The van der Waals surface area contributed by atoms with Gasteiger partial charge in [-0.25, -0.2) is 37.4 Å². The molecule has 9 nitrogen and oxygen atoms in total. The molecule has 1 aliphatic carbocycles. The van der Waals surface area contributed by atoms with Gasteiger partial charge in [-0.05, 0) is 25.0 Å². The maximum absolute atomic E-state index is 15.0. The van der Waals surface area contributed by atoms with Crippen molar-refractivity contribution in [3.63, 3.8) is 0 Å². The van der Waals surface area contributed by atoms with Crippen LogP contribution < -0.4 is 22.0 Å². The Kier molecular flexibility index (Phi) is 6.15. The van der Waals surface area contributed by atoms with E-state index < -0.39 is 58.8 Å². The van der Waals surface area contributed by atoms with Gasteiger partial charge in [0, 0.05) is 0 Å². The zero-order valence-electron chi connectivity index (χ0n) is 18.0. The Morgan fingerprint density at radius 1 is 1.00 bits per heavy atom. The third kappa shape index (κ3) is 3.53. The minimum absolute atomic E-state index is 0.235. The predicted octanol–water partition coefficient (Wildman–Crippen LogP) is 1.45. The zero-order valence-corrected chi connectivity index (χ0v) is 18.8. The van der Waals surface area contributed by atoms with Gasteiger partial charge in [-0.2, -0.15) is 0 Å². The maximum atomic E-state index is 15.0. The third-order valence-corrected chi connectivity index (χ3v) is 6.51. The highest BCUT2D eigenvalue weighted by atomic mass is 35.5. The van der Waals surface area contributed by atoms with Gasteiger partial charge in [0.1, 0.15) is 5.82 Å². The Morgan fingerprint density at radius 2 is 1.59 bits per heavy atom. The van der Waals surface area contributed by atoms with Crippen LogP contribution in [-0.4, -0.2) is 25.5 Å². The van der Waals surface area contributed by atoms with Crippen LogP contribution in [0, 0.1) is 30.0 Å². The lowest BCUT2D eigenvalue weighted by atomic mass is 9.81. The fraction of sp³-hybridized carbons (Fsp3) is 0.348. The smallest absolute Gasteiger partial charge is 0.274 e. The quantitative estimate of drug-likeness (QED) is 0.361. The van der Waals surface area contributed by atoms with Crippen molar-refractivity contribution in [2.45, 2.75) is 38.8 Å². The molecule has 1 saturated carbocycles. The molecule has 2 unspecified atom stereocenters. The Hall–Kier alpha value is -3.71. The first-order valence-corrected chi connectivity index (χ1v) is 11.0. The van der Waals surface area contributed by atoms with Crippen molar-refractivity contribution in [1.29, 1.82) is 0 Å². The Morgan fingerprint density at radius 3 is 2.15 bits per heavy atom. The molecule has 176 valence electrons. The molecule has 1 aromatic carbocycles. The molecule has 0 N–H and O–H groups in total. The van der Waals surface area contributed by atoms with Crippen LogP contribution in [0.5, 0.6) is 0 Å². The van der Waals surface area contributed by atoms with Crippen LogP contribution in [0.1, 0.15) is 25.7 Å². The molecule has 2 aromatic rings. The van der Waals surface area contributed by atoms with Gasteiger partial charge in [-0.3, -0.25) is 9.59 Å². The normalized spacial score (nSPS) is 19.7. The van der Waals surface area contributed by atoms with Crippen LogP contribution in [0.25, 0.3) is 5.69 Å². The Bertz CT molecular complexity index is 1420. The van der Waals surface area contributed by atoms with E-state index in [1.165, 1.54) is 6.08 Å². The molecule has 2 fully saturated rings. The van der Waals surface area contributed by atoms with Crippen molar-refractivity contribution >= 4 is 29.1 Å². The molecule has 1 aromatic heterocycles. The van der Waals surface area contributed by atoms with Crippen molar-refractivity contribution in [3.8, 4) is 18.0 Å². The van der Waals surface area contributed by atoms with E-state index >= 15 is 0 Å². The molecule has 0 spiro atoms. The summed E-state index contributed by atoms with van der Waals surface area (Å²) >= 11 is 6.20. The van der Waals surface area contributed by atoms with Crippen LogP contribution >= 0.6 is 11.6 Å². The van der Waals surface area contributed by atoms with E-state index in [9.17, 15) is 28.4 Å². The number of hydrogen-bond donors (Lipinski definition) is 0. The third-order valence-electron chi connectivity index (χ3n) is 6.21. The first kappa shape index (κ1) is 23.4. The topological polar surface area (TPSA) is 103 Å². The predicted molar refractivity (Wildman–Crippen MR) is 122 cm³/mol. The van der Waals surface area contributed by atoms with Gasteiger partial charge < -0.3 is 0 Å². The van der Waals surface area contributed by atoms with Crippen LogP contribution in [0.15, 0.2) is 39.2 Å². The number of benzene rings is 1. The lowest BCUT2D eigenvalue weighted by Gasteiger charge is -2.19. The van der Waals surface area contributed by atoms with Gasteiger partial charge in [-0.15, -0.1) is 13.0 Å². The van der Waals surface area contributed by atoms with E-state index in [1.54, 1.807) is 0 Å². The van der Waals surface area contributed by atoms with Crippen molar-refractivity contribution in [3.05, 3.63) is 67.1 Å². The van der Waals surface area contributed by atoms with Gasteiger partial charge >= 0.3 is 17.1 Å². The SMILES string of the molecule is C#CCn1c(=O)n(CC=C)c(=O)n(-c2cc(N3C(=O)C4CCCCC4C3=O)c(F)cc2Cl)c1=O. The van der Waals surface area contributed by atoms with E-state index in [4.69, 9.17) is 18.0 Å². The molecule has 0 radical (unpaired) electrons. The number of carbonyl (C=O) groups excluding carboxylic acids is 2. The first-order chi connectivity index (χ1) is 16.2. The molecule has 1 saturated heterocycles. The highest BCUT2D eigenvalue weighted by molar-refractivity contribution is 6.32. The van der Waals surface area contributed by atoms with Crippen molar-refractivity contribution in [1.82, 2.24) is 13.7 Å². The lowest BCUT2D eigenvalue weighted by molar-refractivity contribution is -0.122. The molecule has 2 heterocycles. The minimum Gasteiger partial charge on any atom is -0.274 e. The largest absolute Gasteiger partial charge is 0.341 e. The average Bonchev–Trinajstić information content (AvgIpc) is 3.06. The summed E-state index contributed by atoms with van der Waals surface area (Å²) in [5.41, 5.74) is -3.82. The molecule has 34 heavy (non-hydrogen) atoms. The highest BCUT2D eigenvalue weighted by Crippen LogP contribution is 2.41. The van der Waals surface area contributed by atoms with Crippen molar-refractivity contribution < 1.29 is 14.0 Å². The van der Waals surface area contributed by atoms with Gasteiger partial charge in [0.15, 0.2) is 0 Å². The summed E-state index contributed by atoms with van der Waals surface area (Å²) in [6, 6.07) is 1.81. The second-order valence-electron chi connectivity index (χ2n) is 8.14. The fourth-order valence-corrected chi connectivity index (χ4v) is 4.85. The first-order valence-electron chi connectivity index (χ1n) is 10.6. The number of anilines is 1. The summed E-state index contributed by atoms with van der Waals surface area (Å²) < 4.78 is 16.9. The fourth-order valence-electron chi connectivity index (χ4n) is 4.62. The Balaban J connectivity index is 1.97. The van der Waals surface area contributed by atoms with Gasteiger partial charge in [0.2, 0.25) is 11.8 Å². The molecule has 11 heteroatoms. The van der Waals surface area contributed by atoms with Gasteiger partial charge in [0.05, 0.1) is 41.3 Å². The summed E-state index contributed by atoms with van der Waals surface area (Å²) in [5.74, 6) is -0.934. The standard InChI is InChI=1S/C23H20ClFN4O5/c1-3-9-26-21(32)27(10-4-2)23(34)29(22(26)33)17-12-18(16(25)11-15(17)24)28-19(30)13-7-5-6-8-14(13)20(28)31/h1,4,11-14H,2,5-10H2. The summed E-state index contributed by atoms with van der Waals surface area (Å²) in [4.78, 5) is 65.5. The van der Waals surface area contributed by atoms with Crippen molar-refractivity contribution in [2.24, 2.45) is 11.8 Å². The number of halogens is 2. The molecular weight excluding hydrogens is 467 g/mol. The molecule has 2 aliphatic rings. The summed E-state index contributed by atoms with van der Waals surface area (Å²) in [7, 11) is 0. The second-order valence-corrected chi connectivity index (χ2v) is 8.54. The van der Waals surface area contributed by atoms with Gasteiger partial charge in [0.25, 0.3) is 0 Å². The minimum atomic E-state index is -1.10. The monoisotopic (exact) mass is 486 g/mol. The maximum Gasteiger partial charge on any atom is 0.341 e. The highest BCUT2D eigenvalue weighted by Gasteiger charge is 2.49.